The normalized spacial score (nSPS) is 10.9. The van der Waals surface area contributed by atoms with Gasteiger partial charge in [-0.15, -0.1) is 5.10 Å². The Bertz CT molecular complexity index is 525. The molecule has 1 heterocycles. The van der Waals surface area contributed by atoms with E-state index in [2.05, 4.69) is 64.5 Å². The first-order chi connectivity index (χ1) is 8.61. The lowest BCUT2D eigenvalue weighted by atomic mass is 10.1. The fraction of sp³-hybridized carbons (Fsp3) is 0.385. The van der Waals surface area contributed by atoms with Crippen LogP contribution in [0.25, 0.3) is 5.69 Å². The van der Waals surface area contributed by atoms with Gasteiger partial charge >= 0.3 is 0 Å². The van der Waals surface area contributed by atoms with Crippen LogP contribution in [0.4, 0.5) is 0 Å². The summed E-state index contributed by atoms with van der Waals surface area (Å²) in [5, 5.41) is 11.6. The first kappa shape index (κ1) is 13.2. The molecule has 2 rings (SSSR count). The van der Waals surface area contributed by atoms with E-state index in [-0.39, 0.29) is 0 Å². The Morgan fingerprint density at radius 2 is 2.11 bits per heavy atom. The van der Waals surface area contributed by atoms with Crippen LogP contribution >= 0.6 is 15.9 Å². The molecule has 0 saturated carbocycles. The van der Waals surface area contributed by atoms with Crippen LogP contribution in [0.1, 0.15) is 23.7 Å². The third-order valence-electron chi connectivity index (χ3n) is 2.72. The minimum Gasteiger partial charge on any atom is -0.311 e. The Morgan fingerprint density at radius 1 is 1.33 bits per heavy atom. The smallest absolute Gasteiger partial charge is 0.0969 e. The minimum atomic E-state index is 0.749. The van der Waals surface area contributed by atoms with E-state index < -0.39 is 0 Å². The van der Waals surface area contributed by atoms with Gasteiger partial charge in [0.25, 0.3) is 0 Å². The van der Waals surface area contributed by atoms with Gasteiger partial charge in [-0.05, 0) is 53.5 Å². The molecule has 18 heavy (non-hydrogen) atoms. The molecule has 0 amide bonds. The number of nitrogens with zero attached hydrogens (tertiary/aromatic N) is 3. The highest BCUT2D eigenvalue weighted by Gasteiger charge is 2.09. The van der Waals surface area contributed by atoms with Crippen molar-refractivity contribution in [2.24, 2.45) is 0 Å². The van der Waals surface area contributed by atoms with Gasteiger partial charge in [-0.25, -0.2) is 4.68 Å². The summed E-state index contributed by atoms with van der Waals surface area (Å²) in [5.41, 5.74) is 4.41. The number of aromatic nitrogens is 3. The Balaban J connectivity index is 2.34. The molecule has 0 spiro atoms. The standard InChI is InChI=1S/C13H17BrN4/c1-4-15-7-11-8-18(17-16-11)13-10(3)5-9(2)6-12(13)14/h5-6,8,15H,4,7H2,1-3H3. The second-order valence-corrected chi connectivity index (χ2v) is 5.20. The highest BCUT2D eigenvalue weighted by molar-refractivity contribution is 9.10. The van der Waals surface area contributed by atoms with Crippen molar-refractivity contribution in [3.8, 4) is 5.69 Å². The molecule has 5 heteroatoms. The van der Waals surface area contributed by atoms with E-state index in [9.17, 15) is 0 Å². The van der Waals surface area contributed by atoms with E-state index >= 15 is 0 Å². The van der Waals surface area contributed by atoms with Crippen LogP contribution in [0.15, 0.2) is 22.8 Å². The van der Waals surface area contributed by atoms with Crippen LogP contribution < -0.4 is 5.32 Å². The van der Waals surface area contributed by atoms with Gasteiger partial charge in [0, 0.05) is 11.0 Å². The van der Waals surface area contributed by atoms with Gasteiger partial charge in [0.15, 0.2) is 0 Å². The van der Waals surface area contributed by atoms with Crippen molar-refractivity contribution in [2.45, 2.75) is 27.3 Å². The van der Waals surface area contributed by atoms with Crippen molar-refractivity contribution in [1.29, 1.82) is 0 Å². The molecule has 1 N–H and O–H groups in total. The molecular formula is C13H17BrN4. The Kier molecular flexibility index (Phi) is 4.14. The Labute approximate surface area is 116 Å². The maximum atomic E-state index is 4.19. The predicted molar refractivity (Wildman–Crippen MR) is 75.9 cm³/mol. The second-order valence-electron chi connectivity index (χ2n) is 4.35. The average molecular weight is 309 g/mol. The summed E-state index contributed by atoms with van der Waals surface area (Å²) in [5.74, 6) is 0. The summed E-state index contributed by atoms with van der Waals surface area (Å²) in [6, 6.07) is 4.24. The summed E-state index contributed by atoms with van der Waals surface area (Å²) in [4.78, 5) is 0. The topological polar surface area (TPSA) is 42.7 Å². The molecule has 0 fully saturated rings. The number of nitrogens with one attached hydrogen (secondary N) is 1. The van der Waals surface area contributed by atoms with Crippen LogP contribution in [0.5, 0.6) is 0 Å². The quantitative estimate of drug-likeness (QED) is 0.944. The zero-order chi connectivity index (χ0) is 13.1. The van der Waals surface area contributed by atoms with Gasteiger partial charge in [0.1, 0.15) is 0 Å². The predicted octanol–water partition coefficient (Wildman–Crippen LogP) is 2.76. The molecule has 0 bridgehead atoms. The van der Waals surface area contributed by atoms with Crippen molar-refractivity contribution in [2.75, 3.05) is 6.54 Å². The van der Waals surface area contributed by atoms with E-state index in [1.807, 2.05) is 10.9 Å². The molecule has 1 aromatic heterocycles. The van der Waals surface area contributed by atoms with Gasteiger partial charge < -0.3 is 5.32 Å². The molecule has 1 aromatic carbocycles. The van der Waals surface area contributed by atoms with E-state index in [0.29, 0.717) is 0 Å². The third kappa shape index (κ3) is 2.79. The van der Waals surface area contributed by atoms with Gasteiger partial charge in [-0.1, -0.05) is 18.2 Å². The molecule has 0 unspecified atom stereocenters. The van der Waals surface area contributed by atoms with Crippen LogP contribution in [-0.4, -0.2) is 21.5 Å². The van der Waals surface area contributed by atoms with E-state index in [0.717, 1.165) is 28.9 Å². The first-order valence-electron chi connectivity index (χ1n) is 6.01. The maximum absolute atomic E-state index is 4.19. The molecule has 96 valence electrons. The van der Waals surface area contributed by atoms with Crippen molar-refractivity contribution >= 4 is 15.9 Å². The van der Waals surface area contributed by atoms with Gasteiger partial charge in [-0.3, -0.25) is 0 Å². The van der Waals surface area contributed by atoms with Crippen molar-refractivity contribution in [1.82, 2.24) is 20.3 Å². The highest BCUT2D eigenvalue weighted by Crippen LogP contribution is 2.25. The van der Waals surface area contributed by atoms with E-state index in [1.165, 1.54) is 11.1 Å². The highest BCUT2D eigenvalue weighted by atomic mass is 79.9. The zero-order valence-electron chi connectivity index (χ0n) is 10.9. The molecule has 0 atom stereocenters. The van der Waals surface area contributed by atoms with Crippen LogP contribution in [0.2, 0.25) is 0 Å². The molecule has 2 aromatic rings. The van der Waals surface area contributed by atoms with Gasteiger partial charge in [-0.2, -0.15) is 0 Å². The SMILES string of the molecule is CCNCc1cn(-c2c(C)cc(C)cc2Br)nn1. The first-order valence-corrected chi connectivity index (χ1v) is 6.80. The second kappa shape index (κ2) is 5.63. The van der Waals surface area contributed by atoms with Crippen LogP contribution in [-0.2, 0) is 6.54 Å². The lowest BCUT2D eigenvalue weighted by Gasteiger charge is -2.08. The number of hydrogen-bond acceptors (Lipinski definition) is 3. The fourth-order valence-electron chi connectivity index (χ4n) is 1.94. The number of rotatable bonds is 4. The number of hydrogen-bond donors (Lipinski definition) is 1. The van der Waals surface area contributed by atoms with Crippen LogP contribution in [0.3, 0.4) is 0 Å². The van der Waals surface area contributed by atoms with E-state index in [4.69, 9.17) is 0 Å². The van der Waals surface area contributed by atoms with Crippen molar-refractivity contribution in [3.63, 3.8) is 0 Å². The summed E-state index contributed by atoms with van der Waals surface area (Å²) in [6.07, 6.45) is 1.96. The monoisotopic (exact) mass is 308 g/mol. The summed E-state index contributed by atoms with van der Waals surface area (Å²) >= 11 is 3.59. The number of aryl methyl sites for hydroxylation is 2. The molecule has 0 radical (unpaired) electrons. The zero-order valence-corrected chi connectivity index (χ0v) is 12.5. The van der Waals surface area contributed by atoms with E-state index in [1.54, 1.807) is 0 Å². The number of halogens is 1. The number of benzene rings is 1. The minimum absolute atomic E-state index is 0.749. The molecule has 0 aliphatic carbocycles. The van der Waals surface area contributed by atoms with Crippen molar-refractivity contribution < 1.29 is 0 Å². The summed E-state index contributed by atoms with van der Waals surface area (Å²) < 4.78 is 2.87. The van der Waals surface area contributed by atoms with Gasteiger partial charge in [0.2, 0.25) is 0 Å². The largest absolute Gasteiger partial charge is 0.311 e. The summed E-state index contributed by atoms with van der Waals surface area (Å²) in [6.45, 7) is 7.92. The molecule has 0 aliphatic heterocycles. The lowest BCUT2D eigenvalue weighted by Crippen LogP contribution is -2.11. The maximum Gasteiger partial charge on any atom is 0.0969 e. The van der Waals surface area contributed by atoms with Crippen LogP contribution in [0, 0.1) is 13.8 Å². The Hall–Kier alpha value is -1.20. The van der Waals surface area contributed by atoms with Crippen molar-refractivity contribution in [3.05, 3.63) is 39.6 Å². The third-order valence-corrected chi connectivity index (χ3v) is 3.33. The Morgan fingerprint density at radius 3 is 2.78 bits per heavy atom. The lowest BCUT2D eigenvalue weighted by molar-refractivity contribution is 0.705. The summed E-state index contributed by atoms with van der Waals surface area (Å²) in [7, 11) is 0. The molecular weight excluding hydrogens is 292 g/mol. The fourth-order valence-corrected chi connectivity index (χ4v) is 2.80. The molecule has 4 nitrogen and oxygen atoms in total. The molecule has 0 saturated heterocycles. The average Bonchev–Trinajstić information content (AvgIpc) is 2.73. The van der Waals surface area contributed by atoms with Gasteiger partial charge in [0.05, 0.1) is 17.6 Å². The molecule has 0 aliphatic rings.